The summed E-state index contributed by atoms with van der Waals surface area (Å²) in [6.45, 7) is 1.97. The van der Waals surface area contributed by atoms with Crippen LogP contribution >= 0.6 is 0 Å². The van der Waals surface area contributed by atoms with Crippen molar-refractivity contribution in [3.8, 4) is 0 Å². The van der Waals surface area contributed by atoms with Gasteiger partial charge in [-0.1, -0.05) is 23.8 Å². The molecule has 158 valence electrons. The summed E-state index contributed by atoms with van der Waals surface area (Å²) in [5, 5.41) is 4.33. The Morgan fingerprint density at radius 1 is 0.938 bits per heavy atom. The van der Waals surface area contributed by atoms with Crippen LogP contribution < -0.4 is 5.32 Å². The van der Waals surface area contributed by atoms with Gasteiger partial charge in [-0.3, -0.25) is 9.59 Å². The highest BCUT2D eigenvalue weighted by atomic mass is 19.1. The Bertz CT molecular complexity index is 1480. The van der Waals surface area contributed by atoms with Gasteiger partial charge in [0.05, 0.1) is 18.4 Å². The second kappa shape index (κ2) is 7.81. The first-order chi connectivity index (χ1) is 15.5. The maximum atomic E-state index is 13.3. The van der Waals surface area contributed by atoms with Crippen LogP contribution in [0, 0.1) is 12.7 Å². The largest absolute Gasteiger partial charge is 0.464 e. The van der Waals surface area contributed by atoms with Crippen LogP contribution in [-0.4, -0.2) is 11.7 Å². The standard InChI is InChI=1S/C26H18FNO4/c1-15-6-11-21-20(12-15)17(14-31-21)13-23(29)28-24-19-4-2-3-5-22(19)32-26(24)25(30)16-7-9-18(27)10-8-16/h2-12,14H,13H2,1H3,(H,28,29). The van der Waals surface area contributed by atoms with E-state index in [1.54, 1.807) is 30.5 Å². The number of ketones is 1. The van der Waals surface area contributed by atoms with Crippen molar-refractivity contribution in [2.24, 2.45) is 0 Å². The van der Waals surface area contributed by atoms with E-state index in [0.717, 1.165) is 16.5 Å². The van der Waals surface area contributed by atoms with Gasteiger partial charge in [-0.25, -0.2) is 4.39 Å². The van der Waals surface area contributed by atoms with Gasteiger partial charge in [0.1, 0.15) is 17.0 Å². The molecule has 3 aromatic carbocycles. The average molecular weight is 427 g/mol. The molecule has 0 fully saturated rings. The maximum Gasteiger partial charge on any atom is 0.230 e. The molecule has 6 heteroatoms. The van der Waals surface area contributed by atoms with E-state index in [-0.39, 0.29) is 23.7 Å². The molecule has 0 spiro atoms. The molecule has 5 rings (SSSR count). The minimum absolute atomic E-state index is 0.000876. The zero-order valence-corrected chi connectivity index (χ0v) is 17.1. The average Bonchev–Trinajstić information content (AvgIpc) is 3.35. The predicted molar refractivity (Wildman–Crippen MR) is 119 cm³/mol. The number of rotatable bonds is 5. The van der Waals surface area contributed by atoms with Crippen LogP contribution in [-0.2, 0) is 11.2 Å². The normalized spacial score (nSPS) is 11.2. The number of benzene rings is 3. The second-order valence-corrected chi connectivity index (χ2v) is 7.62. The minimum Gasteiger partial charge on any atom is -0.464 e. The molecule has 2 heterocycles. The molecule has 0 bridgehead atoms. The van der Waals surface area contributed by atoms with Crippen molar-refractivity contribution < 1.29 is 22.8 Å². The van der Waals surface area contributed by atoms with Crippen LogP contribution in [0.1, 0.15) is 27.2 Å². The molecule has 0 radical (unpaired) electrons. The van der Waals surface area contributed by atoms with Gasteiger partial charge in [0.25, 0.3) is 0 Å². The smallest absolute Gasteiger partial charge is 0.230 e. The molecule has 2 aromatic heterocycles. The molecule has 0 unspecified atom stereocenters. The summed E-state index contributed by atoms with van der Waals surface area (Å²) in [6, 6.07) is 18.0. The number of hydrogen-bond acceptors (Lipinski definition) is 4. The fourth-order valence-electron chi connectivity index (χ4n) is 3.75. The minimum atomic E-state index is -0.444. The van der Waals surface area contributed by atoms with Crippen LogP contribution in [0.25, 0.3) is 21.9 Å². The van der Waals surface area contributed by atoms with E-state index in [9.17, 15) is 14.0 Å². The Kier molecular flexibility index (Phi) is 4.82. The molecule has 0 aliphatic carbocycles. The highest BCUT2D eigenvalue weighted by Crippen LogP contribution is 2.33. The van der Waals surface area contributed by atoms with E-state index in [2.05, 4.69) is 5.32 Å². The third kappa shape index (κ3) is 3.56. The fraction of sp³-hybridized carbons (Fsp3) is 0.0769. The van der Waals surface area contributed by atoms with Gasteiger partial charge in [-0.15, -0.1) is 0 Å². The SMILES string of the molecule is Cc1ccc2occ(CC(=O)Nc3c(C(=O)c4ccc(F)cc4)oc4ccccc34)c2c1. The first-order valence-corrected chi connectivity index (χ1v) is 10.1. The lowest BCUT2D eigenvalue weighted by molar-refractivity contribution is -0.115. The fourth-order valence-corrected chi connectivity index (χ4v) is 3.75. The summed E-state index contributed by atoms with van der Waals surface area (Å²) in [6.07, 6.45) is 1.64. The van der Waals surface area contributed by atoms with E-state index in [1.807, 2.05) is 25.1 Å². The van der Waals surface area contributed by atoms with Gasteiger partial charge >= 0.3 is 0 Å². The molecule has 32 heavy (non-hydrogen) atoms. The highest BCUT2D eigenvalue weighted by molar-refractivity contribution is 6.17. The first kappa shape index (κ1) is 19.8. The third-order valence-electron chi connectivity index (χ3n) is 5.33. The third-order valence-corrected chi connectivity index (χ3v) is 5.33. The van der Waals surface area contributed by atoms with Crippen molar-refractivity contribution >= 4 is 39.3 Å². The van der Waals surface area contributed by atoms with Crippen molar-refractivity contribution in [1.82, 2.24) is 0 Å². The van der Waals surface area contributed by atoms with Gasteiger partial charge in [0, 0.05) is 21.9 Å². The van der Waals surface area contributed by atoms with Gasteiger partial charge in [-0.2, -0.15) is 0 Å². The van der Waals surface area contributed by atoms with Crippen molar-refractivity contribution in [2.45, 2.75) is 13.3 Å². The van der Waals surface area contributed by atoms with E-state index in [0.29, 0.717) is 22.2 Å². The quantitative estimate of drug-likeness (QED) is 0.347. The summed E-state index contributed by atoms with van der Waals surface area (Å²) < 4.78 is 24.6. The monoisotopic (exact) mass is 427 g/mol. The van der Waals surface area contributed by atoms with Crippen LogP contribution in [0.2, 0.25) is 0 Å². The Labute approximate surface area is 182 Å². The Balaban J connectivity index is 1.49. The van der Waals surface area contributed by atoms with Gasteiger partial charge < -0.3 is 14.2 Å². The summed E-state index contributed by atoms with van der Waals surface area (Å²) >= 11 is 0. The molecule has 5 aromatic rings. The Hall–Kier alpha value is -4.19. The predicted octanol–water partition coefficient (Wildman–Crippen LogP) is 6.04. The molecule has 5 nitrogen and oxygen atoms in total. The number of hydrogen-bond donors (Lipinski definition) is 1. The maximum absolute atomic E-state index is 13.3. The number of anilines is 1. The molecule has 1 amide bonds. The highest BCUT2D eigenvalue weighted by Gasteiger charge is 2.24. The molecular formula is C26H18FNO4. The molecular weight excluding hydrogens is 409 g/mol. The van der Waals surface area contributed by atoms with Crippen molar-refractivity contribution in [1.29, 1.82) is 0 Å². The number of fused-ring (bicyclic) bond motifs is 2. The lowest BCUT2D eigenvalue weighted by Crippen LogP contribution is -2.16. The Morgan fingerprint density at radius 2 is 1.72 bits per heavy atom. The molecule has 0 atom stereocenters. The summed E-state index contributed by atoms with van der Waals surface area (Å²) in [7, 11) is 0. The topological polar surface area (TPSA) is 72.5 Å². The number of para-hydroxylation sites is 1. The van der Waals surface area contributed by atoms with Crippen LogP contribution in [0.4, 0.5) is 10.1 Å². The van der Waals surface area contributed by atoms with Crippen molar-refractivity contribution in [3.63, 3.8) is 0 Å². The van der Waals surface area contributed by atoms with Gasteiger partial charge in [0.2, 0.25) is 11.7 Å². The molecule has 0 aliphatic rings. The molecule has 0 saturated carbocycles. The Morgan fingerprint density at radius 3 is 2.53 bits per heavy atom. The van der Waals surface area contributed by atoms with Gasteiger partial charge in [-0.05, 0) is 55.5 Å². The molecule has 0 aliphatic heterocycles. The number of nitrogens with one attached hydrogen (secondary N) is 1. The zero-order valence-electron chi connectivity index (χ0n) is 17.1. The number of amides is 1. The number of furan rings is 2. The zero-order chi connectivity index (χ0) is 22.2. The number of halogens is 1. The first-order valence-electron chi connectivity index (χ1n) is 10.1. The summed E-state index contributed by atoms with van der Waals surface area (Å²) in [4.78, 5) is 26.0. The van der Waals surface area contributed by atoms with E-state index in [1.165, 1.54) is 24.3 Å². The number of carbonyl (C=O) groups excluding carboxylic acids is 2. The van der Waals surface area contributed by atoms with E-state index < -0.39 is 11.6 Å². The molecule has 1 N–H and O–H groups in total. The number of carbonyl (C=O) groups is 2. The number of aryl methyl sites for hydroxylation is 1. The second-order valence-electron chi connectivity index (χ2n) is 7.62. The van der Waals surface area contributed by atoms with Gasteiger partial charge in [0.15, 0.2) is 5.76 Å². The van der Waals surface area contributed by atoms with Crippen LogP contribution in [0.3, 0.4) is 0 Å². The lowest BCUT2D eigenvalue weighted by Gasteiger charge is -2.06. The van der Waals surface area contributed by atoms with Crippen molar-refractivity contribution in [3.05, 3.63) is 101 Å². The van der Waals surface area contributed by atoms with Crippen LogP contribution in [0.5, 0.6) is 0 Å². The van der Waals surface area contributed by atoms with Crippen LogP contribution in [0.15, 0.2) is 81.8 Å². The van der Waals surface area contributed by atoms with E-state index >= 15 is 0 Å². The lowest BCUT2D eigenvalue weighted by atomic mass is 10.1. The summed E-state index contributed by atoms with van der Waals surface area (Å²) in [5.74, 6) is -1.20. The molecule has 0 saturated heterocycles. The van der Waals surface area contributed by atoms with E-state index in [4.69, 9.17) is 8.83 Å². The van der Waals surface area contributed by atoms with Crippen molar-refractivity contribution in [2.75, 3.05) is 5.32 Å². The summed E-state index contributed by atoms with van der Waals surface area (Å²) in [5.41, 5.74) is 3.55.